The summed E-state index contributed by atoms with van der Waals surface area (Å²) in [6.07, 6.45) is 5.51. The van der Waals surface area contributed by atoms with E-state index >= 15 is 0 Å². The molecule has 1 aromatic rings. The molecule has 1 unspecified atom stereocenters. The van der Waals surface area contributed by atoms with Gasteiger partial charge in [-0.3, -0.25) is 14.3 Å². The average molecular weight is 265 g/mol. The summed E-state index contributed by atoms with van der Waals surface area (Å²) in [5.41, 5.74) is -0.00116. The van der Waals surface area contributed by atoms with Gasteiger partial charge < -0.3 is 5.32 Å². The standard InChI is InChI=1S/C14H23N3O2/c1-9(2)17-8-12(13(18)16-14(17)19)7-15-10(3)6-11-4-5-11/h8-11,15H,4-7H2,1-3H3,(H,16,18,19). The lowest BCUT2D eigenvalue weighted by molar-refractivity contribution is 0.481. The van der Waals surface area contributed by atoms with E-state index in [9.17, 15) is 9.59 Å². The molecule has 5 nitrogen and oxygen atoms in total. The van der Waals surface area contributed by atoms with Crippen LogP contribution >= 0.6 is 0 Å². The zero-order valence-electron chi connectivity index (χ0n) is 11.9. The molecule has 1 saturated carbocycles. The highest BCUT2D eigenvalue weighted by Gasteiger charge is 2.23. The normalized spacial score (nSPS) is 16.8. The fraction of sp³-hybridized carbons (Fsp3) is 0.714. The molecule has 106 valence electrons. The number of nitrogens with one attached hydrogen (secondary N) is 2. The summed E-state index contributed by atoms with van der Waals surface area (Å²) in [7, 11) is 0. The zero-order chi connectivity index (χ0) is 14.0. The van der Waals surface area contributed by atoms with Crippen molar-refractivity contribution in [2.75, 3.05) is 0 Å². The van der Waals surface area contributed by atoms with Crippen molar-refractivity contribution in [1.82, 2.24) is 14.9 Å². The van der Waals surface area contributed by atoms with Gasteiger partial charge >= 0.3 is 5.69 Å². The predicted octanol–water partition coefficient (Wildman–Crippen LogP) is 1.40. The van der Waals surface area contributed by atoms with Crippen molar-refractivity contribution in [3.05, 3.63) is 32.6 Å². The van der Waals surface area contributed by atoms with Crippen molar-refractivity contribution in [1.29, 1.82) is 0 Å². The van der Waals surface area contributed by atoms with Gasteiger partial charge in [0.25, 0.3) is 5.56 Å². The molecule has 1 fully saturated rings. The third-order valence-corrected chi connectivity index (χ3v) is 3.62. The Morgan fingerprint density at radius 1 is 1.37 bits per heavy atom. The minimum Gasteiger partial charge on any atom is -0.310 e. The third-order valence-electron chi connectivity index (χ3n) is 3.62. The van der Waals surface area contributed by atoms with Gasteiger partial charge in [0, 0.05) is 30.4 Å². The van der Waals surface area contributed by atoms with Crippen molar-refractivity contribution in [2.24, 2.45) is 5.92 Å². The minimum absolute atomic E-state index is 0.0481. The highest BCUT2D eigenvalue weighted by Crippen LogP contribution is 2.33. The first-order valence-corrected chi connectivity index (χ1v) is 7.05. The van der Waals surface area contributed by atoms with E-state index in [2.05, 4.69) is 17.2 Å². The Morgan fingerprint density at radius 2 is 2.05 bits per heavy atom. The van der Waals surface area contributed by atoms with Crippen molar-refractivity contribution >= 4 is 0 Å². The van der Waals surface area contributed by atoms with E-state index in [0.717, 1.165) is 5.92 Å². The predicted molar refractivity (Wildman–Crippen MR) is 75.4 cm³/mol. The Balaban J connectivity index is 2.04. The van der Waals surface area contributed by atoms with E-state index in [4.69, 9.17) is 0 Å². The molecular weight excluding hydrogens is 242 g/mol. The first-order valence-electron chi connectivity index (χ1n) is 7.05. The Morgan fingerprint density at radius 3 is 2.63 bits per heavy atom. The van der Waals surface area contributed by atoms with Gasteiger partial charge in [-0.15, -0.1) is 0 Å². The number of aromatic amines is 1. The number of hydrogen-bond acceptors (Lipinski definition) is 3. The van der Waals surface area contributed by atoms with Crippen molar-refractivity contribution in [3.63, 3.8) is 0 Å². The van der Waals surface area contributed by atoms with Gasteiger partial charge in [-0.25, -0.2) is 4.79 Å². The topological polar surface area (TPSA) is 66.9 Å². The van der Waals surface area contributed by atoms with Gasteiger partial charge in [-0.1, -0.05) is 12.8 Å². The largest absolute Gasteiger partial charge is 0.328 e. The maximum Gasteiger partial charge on any atom is 0.328 e. The van der Waals surface area contributed by atoms with E-state index in [1.165, 1.54) is 19.3 Å². The Bertz CT molecular complexity index is 540. The Labute approximate surface area is 113 Å². The van der Waals surface area contributed by atoms with Crippen LogP contribution in [0.4, 0.5) is 0 Å². The Hall–Kier alpha value is -1.36. The number of H-pyrrole nitrogens is 1. The fourth-order valence-electron chi connectivity index (χ4n) is 2.26. The molecule has 0 radical (unpaired) electrons. The summed E-state index contributed by atoms with van der Waals surface area (Å²) in [6.45, 7) is 6.50. The highest BCUT2D eigenvalue weighted by molar-refractivity contribution is 5.05. The second-order valence-electron chi connectivity index (χ2n) is 5.88. The lowest BCUT2D eigenvalue weighted by Gasteiger charge is -2.14. The molecule has 1 atom stereocenters. The summed E-state index contributed by atoms with van der Waals surface area (Å²) >= 11 is 0. The molecule has 1 heterocycles. The number of aromatic nitrogens is 2. The van der Waals surface area contributed by atoms with Crippen LogP contribution < -0.4 is 16.6 Å². The molecule has 2 rings (SSSR count). The monoisotopic (exact) mass is 265 g/mol. The molecule has 2 N–H and O–H groups in total. The molecule has 0 aliphatic heterocycles. The summed E-state index contributed by atoms with van der Waals surface area (Å²) < 4.78 is 1.56. The molecule has 0 spiro atoms. The smallest absolute Gasteiger partial charge is 0.310 e. The Kier molecular flexibility index (Phi) is 4.24. The summed E-state index contributed by atoms with van der Waals surface area (Å²) in [6, 6.07) is 0.457. The van der Waals surface area contributed by atoms with Gasteiger partial charge in [0.1, 0.15) is 0 Å². The van der Waals surface area contributed by atoms with Crippen LogP contribution in [-0.2, 0) is 6.54 Å². The molecule has 1 aliphatic carbocycles. The van der Waals surface area contributed by atoms with E-state index in [0.29, 0.717) is 18.2 Å². The quantitative estimate of drug-likeness (QED) is 0.817. The van der Waals surface area contributed by atoms with Gasteiger partial charge in [0.2, 0.25) is 0 Å². The molecule has 0 saturated heterocycles. The molecular formula is C14H23N3O2. The van der Waals surface area contributed by atoms with Crippen LogP contribution in [0, 0.1) is 5.92 Å². The summed E-state index contributed by atoms with van der Waals surface area (Å²) in [5.74, 6) is 0.866. The number of hydrogen-bond donors (Lipinski definition) is 2. The highest BCUT2D eigenvalue weighted by atomic mass is 16.2. The SMILES string of the molecule is CC(CC1CC1)NCc1cn(C(C)C)c(=O)[nH]c1=O. The van der Waals surface area contributed by atoms with E-state index in [-0.39, 0.29) is 17.3 Å². The lowest BCUT2D eigenvalue weighted by Crippen LogP contribution is -2.35. The zero-order valence-corrected chi connectivity index (χ0v) is 11.9. The molecule has 19 heavy (non-hydrogen) atoms. The van der Waals surface area contributed by atoms with Crippen LogP contribution in [-0.4, -0.2) is 15.6 Å². The lowest BCUT2D eigenvalue weighted by atomic mass is 10.1. The van der Waals surface area contributed by atoms with Gasteiger partial charge in [0.05, 0.1) is 0 Å². The van der Waals surface area contributed by atoms with Crippen molar-refractivity contribution in [3.8, 4) is 0 Å². The average Bonchev–Trinajstić information content (AvgIpc) is 3.11. The second kappa shape index (κ2) is 5.74. The van der Waals surface area contributed by atoms with Crippen molar-refractivity contribution < 1.29 is 0 Å². The van der Waals surface area contributed by atoms with Gasteiger partial charge in [-0.05, 0) is 33.1 Å². The van der Waals surface area contributed by atoms with Crippen LogP contribution in [0.1, 0.15) is 51.6 Å². The maximum atomic E-state index is 11.8. The minimum atomic E-state index is -0.338. The van der Waals surface area contributed by atoms with Crippen LogP contribution in [0.5, 0.6) is 0 Å². The van der Waals surface area contributed by atoms with E-state index in [1.807, 2.05) is 13.8 Å². The van der Waals surface area contributed by atoms with E-state index in [1.54, 1.807) is 10.8 Å². The van der Waals surface area contributed by atoms with Crippen LogP contribution in [0.15, 0.2) is 15.8 Å². The molecule has 0 amide bonds. The molecule has 0 bridgehead atoms. The van der Waals surface area contributed by atoms with Crippen molar-refractivity contribution in [2.45, 2.75) is 58.7 Å². The van der Waals surface area contributed by atoms with Gasteiger partial charge in [-0.2, -0.15) is 0 Å². The summed E-state index contributed by atoms with van der Waals surface area (Å²) in [4.78, 5) is 25.7. The van der Waals surface area contributed by atoms with Gasteiger partial charge in [0.15, 0.2) is 0 Å². The van der Waals surface area contributed by atoms with E-state index < -0.39 is 0 Å². The molecule has 1 aromatic heterocycles. The fourth-order valence-corrected chi connectivity index (χ4v) is 2.26. The number of nitrogens with zero attached hydrogens (tertiary/aromatic N) is 1. The second-order valence-corrected chi connectivity index (χ2v) is 5.88. The first kappa shape index (κ1) is 14.1. The van der Waals surface area contributed by atoms with Crippen LogP contribution in [0.2, 0.25) is 0 Å². The summed E-state index contributed by atoms with van der Waals surface area (Å²) in [5, 5.41) is 3.36. The molecule has 0 aromatic carbocycles. The maximum absolute atomic E-state index is 11.8. The first-order chi connectivity index (χ1) is 8.97. The number of rotatable bonds is 6. The van der Waals surface area contributed by atoms with Crippen LogP contribution in [0.3, 0.4) is 0 Å². The molecule has 1 aliphatic rings. The third kappa shape index (κ3) is 3.80. The molecule has 5 heteroatoms. The van der Waals surface area contributed by atoms with Crippen LogP contribution in [0.25, 0.3) is 0 Å².